The maximum absolute atomic E-state index is 5.99. The van der Waals surface area contributed by atoms with Crippen molar-refractivity contribution in [2.24, 2.45) is 0 Å². The molecule has 3 N–H and O–H groups in total. The minimum absolute atomic E-state index is 0.678. The molecule has 0 aliphatic heterocycles. The van der Waals surface area contributed by atoms with Crippen LogP contribution in [0.3, 0.4) is 0 Å². The average molecular weight is 335 g/mol. The van der Waals surface area contributed by atoms with Gasteiger partial charge in [0.1, 0.15) is 5.75 Å². The lowest BCUT2D eigenvalue weighted by atomic mass is 10.1. The molecule has 0 heterocycles. The molecule has 0 saturated heterocycles. The van der Waals surface area contributed by atoms with Crippen LogP contribution in [0.15, 0.2) is 34.8 Å². The normalized spacial score (nSPS) is 10.4. The molecule has 0 aliphatic rings. The van der Waals surface area contributed by atoms with Crippen LogP contribution in [0.5, 0.6) is 5.75 Å². The molecule has 2 rings (SSSR count). The molecule has 0 fully saturated rings. The number of hydrogen-bond donors (Lipinski definition) is 2. The van der Waals surface area contributed by atoms with Gasteiger partial charge in [0.25, 0.3) is 0 Å². The number of anilines is 2. The van der Waals surface area contributed by atoms with Crippen LogP contribution in [0.25, 0.3) is 0 Å². The highest BCUT2D eigenvalue weighted by Gasteiger charge is 2.08. The Hall–Kier alpha value is -1.68. The zero-order chi connectivity index (χ0) is 14.7. The summed E-state index contributed by atoms with van der Waals surface area (Å²) in [6.45, 7) is 4.82. The summed E-state index contributed by atoms with van der Waals surface area (Å²) in [5.41, 5.74) is 11.1. The van der Waals surface area contributed by atoms with E-state index in [1.807, 2.05) is 18.2 Å². The predicted molar refractivity (Wildman–Crippen MR) is 88.3 cm³/mol. The molecule has 4 heteroatoms. The maximum Gasteiger partial charge on any atom is 0.126 e. The zero-order valence-electron chi connectivity index (χ0n) is 12.0. The standard InChI is InChI=1S/C16H19BrN2O/c1-10-6-11(2)16(20-3)12(7-10)9-19-15-5-4-13(17)8-14(15)18/h4-8,19H,9,18H2,1-3H3. The van der Waals surface area contributed by atoms with Crippen LogP contribution in [-0.2, 0) is 6.54 Å². The molecule has 2 aromatic carbocycles. The Morgan fingerprint density at radius 3 is 2.60 bits per heavy atom. The second-order valence-electron chi connectivity index (χ2n) is 4.86. The quantitative estimate of drug-likeness (QED) is 0.821. The predicted octanol–water partition coefficient (Wildman–Crippen LogP) is 4.27. The summed E-state index contributed by atoms with van der Waals surface area (Å²) in [5.74, 6) is 0.929. The fourth-order valence-corrected chi connectivity index (χ4v) is 2.73. The number of rotatable bonds is 4. The summed E-state index contributed by atoms with van der Waals surface area (Å²) in [6.07, 6.45) is 0. The van der Waals surface area contributed by atoms with Crippen molar-refractivity contribution in [3.63, 3.8) is 0 Å². The number of methoxy groups -OCH3 is 1. The lowest BCUT2D eigenvalue weighted by Crippen LogP contribution is -2.05. The Labute approximate surface area is 128 Å². The molecule has 2 aromatic rings. The fraction of sp³-hybridized carbons (Fsp3) is 0.250. The van der Waals surface area contributed by atoms with E-state index in [9.17, 15) is 0 Å². The van der Waals surface area contributed by atoms with Crippen LogP contribution >= 0.6 is 15.9 Å². The lowest BCUT2D eigenvalue weighted by Gasteiger charge is -2.15. The number of aryl methyl sites for hydroxylation is 2. The van der Waals surface area contributed by atoms with Crippen molar-refractivity contribution in [3.05, 3.63) is 51.5 Å². The van der Waals surface area contributed by atoms with E-state index in [4.69, 9.17) is 10.5 Å². The van der Waals surface area contributed by atoms with E-state index in [0.717, 1.165) is 32.7 Å². The van der Waals surface area contributed by atoms with Gasteiger partial charge in [-0.15, -0.1) is 0 Å². The fourth-order valence-electron chi connectivity index (χ4n) is 2.35. The van der Waals surface area contributed by atoms with Crippen molar-refractivity contribution >= 4 is 27.3 Å². The summed E-state index contributed by atoms with van der Waals surface area (Å²) < 4.78 is 6.47. The van der Waals surface area contributed by atoms with Crippen molar-refractivity contribution in [2.45, 2.75) is 20.4 Å². The highest BCUT2D eigenvalue weighted by molar-refractivity contribution is 9.10. The molecule has 0 bridgehead atoms. The van der Waals surface area contributed by atoms with Gasteiger partial charge in [0, 0.05) is 16.6 Å². The van der Waals surface area contributed by atoms with Gasteiger partial charge in [0.15, 0.2) is 0 Å². The van der Waals surface area contributed by atoms with Crippen molar-refractivity contribution in [2.75, 3.05) is 18.2 Å². The second kappa shape index (κ2) is 6.18. The van der Waals surface area contributed by atoms with E-state index < -0.39 is 0 Å². The minimum atomic E-state index is 0.678. The molecule has 0 aliphatic carbocycles. The maximum atomic E-state index is 5.99. The van der Waals surface area contributed by atoms with Crippen molar-refractivity contribution in [1.29, 1.82) is 0 Å². The molecule has 0 unspecified atom stereocenters. The highest BCUT2D eigenvalue weighted by atomic mass is 79.9. The number of nitrogens with two attached hydrogens (primary N) is 1. The highest BCUT2D eigenvalue weighted by Crippen LogP contribution is 2.28. The van der Waals surface area contributed by atoms with E-state index >= 15 is 0 Å². The van der Waals surface area contributed by atoms with Gasteiger partial charge in [0.2, 0.25) is 0 Å². The van der Waals surface area contributed by atoms with E-state index in [1.54, 1.807) is 7.11 Å². The van der Waals surface area contributed by atoms with Crippen LogP contribution in [0.4, 0.5) is 11.4 Å². The van der Waals surface area contributed by atoms with E-state index in [1.165, 1.54) is 5.56 Å². The molecule has 0 saturated carbocycles. The van der Waals surface area contributed by atoms with Crippen LogP contribution < -0.4 is 15.8 Å². The van der Waals surface area contributed by atoms with E-state index in [0.29, 0.717) is 6.54 Å². The Kier molecular flexibility index (Phi) is 4.55. The smallest absolute Gasteiger partial charge is 0.126 e. The number of halogens is 1. The van der Waals surface area contributed by atoms with Gasteiger partial charge < -0.3 is 15.8 Å². The number of hydrogen-bond acceptors (Lipinski definition) is 3. The van der Waals surface area contributed by atoms with Crippen LogP contribution in [0, 0.1) is 13.8 Å². The monoisotopic (exact) mass is 334 g/mol. The van der Waals surface area contributed by atoms with Crippen molar-refractivity contribution in [3.8, 4) is 5.75 Å². The van der Waals surface area contributed by atoms with Crippen LogP contribution in [0.1, 0.15) is 16.7 Å². The van der Waals surface area contributed by atoms with Gasteiger partial charge >= 0.3 is 0 Å². The van der Waals surface area contributed by atoms with Gasteiger partial charge in [-0.1, -0.05) is 33.6 Å². The number of nitrogen functional groups attached to an aromatic ring is 1. The van der Waals surface area contributed by atoms with Crippen molar-refractivity contribution in [1.82, 2.24) is 0 Å². The molecular formula is C16H19BrN2O. The molecule has 3 nitrogen and oxygen atoms in total. The van der Waals surface area contributed by atoms with Gasteiger partial charge in [-0.25, -0.2) is 0 Å². The minimum Gasteiger partial charge on any atom is -0.496 e. The summed E-state index contributed by atoms with van der Waals surface area (Å²) >= 11 is 3.41. The molecule has 0 aromatic heterocycles. The number of ether oxygens (including phenoxy) is 1. The second-order valence-corrected chi connectivity index (χ2v) is 5.77. The average Bonchev–Trinajstić information content (AvgIpc) is 2.37. The van der Waals surface area contributed by atoms with E-state index in [-0.39, 0.29) is 0 Å². The van der Waals surface area contributed by atoms with E-state index in [2.05, 4.69) is 47.2 Å². The number of benzene rings is 2. The van der Waals surface area contributed by atoms with Gasteiger partial charge in [0.05, 0.1) is 18.5 Å². The zero-order valence-corrected chi connectivity index (χ0v) is 13.5. The van der Waals surface area contributed by atoms with Gasteiger partial charge in [-0.2, -0.15) is 0 Å². The van der Waals surface area contributed by atoms with Crippen LogP contribution in [0.2, 0.25) is 0 Å². The summed E-state index contributed by atoms with van der Waals surface area (Å²) in [5, 5.41) is 3.36. The molecule has 0 spiro atoms. The first kappa shape index (κ1) is 14.7. The molecule has 0 atom stereocenters. The first-order chi connectivity index (χ1) is 9.51. The van der Waals surface area contributed by atoms with Crippen LogP contribution in [-0.4, -0.2) is 7.11 Å². The molecular weight excluding hydrogens is 316 g/mol. The summed E-state index contributed by atoms with van der Waals surface area (Å²) in [4.78, 5) is 0. The third-order valence-corrected chi connectivity index (χ3v) is 3.68. The Balaban J connectivity index is 2.22. The molecule has 0 radical (unpaired) electrons. The Morgan fingerprint density at radius 2 is 1.95 bits per heavy atom. The molecule has 106 valence electrons. The third-order valence-electron chi connectivity index (χ3n) is 3.18. The van der Waals surface area contributed by atoms with Gasteiger partial charge in [-0.05, 0) is 37.6 Å². The summed E-state index contributed by atoms with van der Waals surface area (Å²) in [6, 6.07) is 10.1. The number of nitrogens with one attached hydrogen (secondary N) is 1. The molecule has 0 amide bonds. The first-order valence-electron chi connectivity index (χ1n) is 6.44. The topological polar surface area (TPSA) is 47.3 Å². The lowest BCUT2D eigenvalue weighted by molar-refractivity contribution is 0.407. The van der Waals surface area contributed by atoms with Gasteiger partial charge in [-0.3, -0.25) is 0 Å². The SMILES string of the molecule is COc1c(C)cc(C)cc1CNc1ccc(Br)cc1N. The largest absolute Gasteiger partial charge is 0.496 e. The third kappa shape index (κ3) is 3.25. The summed E-state index contributed by atoms with van der Waals surface area (Å²) in [7, 11) is 1.70. The Bertz CT molecular complexity index is 626. The first-order valence-corrected chi connectivity index (χ1v) is 7.23. The molecule has 20 heavy (non-hydrogen) atoms. The van der Waals surface area contributed by atoms with Crippen molar-refractivity contribution < 1.29 is 4.74 Å². The Morgan fingerprint density at radius 1 is 1.20 bits per heavy atom.